The maximum atomic E-state index is 9.03. The monoisotopic (exact) mass is 284 g/mol. The zero-order valence-corrected chi connectivity index (χ0v) is 13.9. The van der Waals surface area contributed by atoms with Crippen LogP contribution in [0.5, 0.6) is 0 Å². The van der Waals surface area contributed by atoms with Crippen molar-refractivity contribution in [3.05, 3.63) is 0 Å². The number of hydrogen-bond acceptors (Lipinski definition) is 3. The number of nitrogens with one attached hydrogen (secondary N) is 1. The van der Waals surface area contributed by atoms with Crippen LogP contribution in [-0.4, -0.2) is 48.8 Å². The molecular formula is C17H36N2O. The summed E-state index contributed by atoms with van der Waals surface area (Å²) < 4.78 is 0. The predicted molar refractivity (Wildman–Crippen MR) is 87.0 cm³/mol. The van der Waals surface area contributed by atoms with Gasteiger partial charge < -0.3 is 15.3 Å². The predicted octanol–water partition coefficient (Wildman–Crippen LogP) is 2.89. The van der Waals surface area contributed by atoms with E-state index >= 15 is 0 Å². The highest BCUT2D eigenvalue weighted by atomic mass is 16.3. The van der Waals surface area contributed by atoms with Crippen LogP contribution in [0, 0.1) is 11.8 Å². The van der Waals surface area contributed by atoms with E-state index < -0.39 is 0 Å². The molecule has 3 unspecified atom stereocenters. The zero-order chi connectivity index (χ0) is 14.8. The van der Waals surface area contributed by atoms with Crippen LogP contribution in [0.3, 0.4) is 0 Å². The van der Waals surface area contributed by atoms with Gasteiger partial charge in [-0.1, -0.05) is 33.6 Å². The van der Waals surface area contributed by atoms with Crippen LogP contribution in [0.15, 0.2) is 0 Å². The van der Waals surface area contributed by atoms with Crippen LogP contribution in [-0.2, 0) is 0 Å². The van der Waals surface area contributed by atoms with Gasteiger partial charge in [-0.2, -0.15) is 0 Å². The summed E-state index contributed by atoms with van der Waals surface area (Å²) in [7, 11) is 0. The lowest BCUT2D eigenvalue weighted by Crippen LogP contribution is -2.46. The highest BCUT2D eigenvalue weighted by Gasteiger charge is 2.30. The molecule has 0 heterocycles. The van der Waals surface area contributed by atoms with Crippen LogP contribution < -0.4 is 5.32 Å². The molecule has 0 bridgehead atoms. The Labute approximate surface area is 126 Å². The molecule has 1 aliphatic rings. The Balaban J connectivity index is 2.53. The van der Waals surface area contributed by atoms with Gasteiger partial charge in [0.2, 0.25) is 0 Å². The van der Waals surface area contributed by atoms with Crippen LogP contribution >= 0.6 is 0 Å². The van der Waals surface area contributed by atoms with E-state index in [0.717, 1.165) is 37.9 Å². The first kappa shape index (κ1) is 17.9. The average molecular weight is 284 g/mol. The molecule has 3 atom stereocenters. The molecule has 0 aromatic carbocycles. The van der Waals surface area contributed by atoms with Gasteiger partial charge in [0.1, 0.15) is 0 Å². The van der Waals surface area contributed by atoms with E-state index in [4.69, 9.17) is 5.11 Å². The Morgan fingerprint density at radius 3 is 2.60 bits per heavy atom. The van der Waals surface area contributed by atoms with Crippen molar-refractivity contribution >= 4 is 0 Å². The van der Waals surface area contributed by atoms with Crippen molar-refractivity contribution in [3.63, 3.8) is 0 Å². The van der Waals surface area contributed by atoms with Crippen molar-refractivity contribution < 1.29 is 5.11 Å². The van der Waals surface area contributed by atoms with Gasteiger partial charge in [0.25, 0.3) is 0 Å². The summed E-state index contributed by atoms with van der Waals surface area (Å²) >= 11 is 0. The van der Waals surface area contributed by atoms with Crippen LogP contribution in [0.25, 0.3) is 0 Å². The first-order valence-corrected chi connectivity index (χ1v) is 8.81. The molecule has 3 heteroatoms. The largest absolute Gasteiger partial charge is 0.396 e. The third-order valence-electron chi connectivity index (χ3n) is 4.83. The lowest BCUT2D eigenvalue weighted by molar-refractivity contribution is 0.133. The summed E-state index contributed by atoms with van der Waals surface area (Å²) in [6.45, 7) is 11.5. The molecule has 3 nitrogen and oxygen atoms in total. The second kappa shape index (κ2) is 10.6. The van der Waals surface area contributed by atoms with Crippen molar-refractivity contribution in [2.75, 3.05) is 32.8 Å². The lowest BCUT2D eigenvalue weighted by Gasteiger charge is -2.39. The first-order valence-electron chi connectivity index (χ1n) is 8.81. The Morgan fingerprint density at radius 1 is 1.20 bits per heavy atom. The normalized spacial score (nSPS) is 27.1. The van der Waals surface area contributed by atoms with Gasteiger partial charge in [-0.15, -0.1) is 0 Å². The van der Waals surface area contributed by atoms with Crippen molar-refractivity contribution in [2.24, 2.45) is 11.8 Å². The van der Waals surface area contributed by atoms with Gasteiger partial charge in [-0.3, -0.25) is 0 Å². The van der Waals surface area contributed by atoms with Crippen molar-refractivity contribution in [3.8, 4) is 0 Å². The van der Waals surface area contributed by atoms with E-state index in [-0.39, 0.29) is 0 Å². The van der Waals surface area contributed by atoms with Crippen molar-refractivity contribution in [1.29, 1.82) is 0 Å². The minimum atomic E-state index is 0.316. The number of aliphatic hydroxyl groups is 1. The van der Waals surface area contributed by atoms with Gasteiger partial charge >= 0.3 is 0 Å². The molecule has 0 saturated heterocycles. The molecule has 20 heavy (non-hydrogen) atoms. The highest BCUT2D eigenvalue weighted by molar-refractivity contribution is 4.86. The van der Waals surface area contributed by atoms with E-state index in [1.54, 1.807) is 0 Å². The Morgan fingerprint density at radius 2 is 2.00 bits per heavy atom. The van der Waals surface area contributed by atoms with E-state index in [1.807, 2.05) is 0 Å². The molecule has 1 aliphatic carbocycles. The SMILES string of the molecule is CCCC1CCC(NCC)C(CN(CC)CCCO)C1. The second-order valence-corrected chi connectivity index (χ2v) is 6.36. The molecule has 1 rings (SSSR count). The smallest absolute Gasteiger partial charge is 0.0443 e. The van der Waals surface area contributed by atoms with Crippen LogP contribution in [0.4, 0.5) is 0 Å². The molecule has 0 aromatic heterocycles. The number of aliphatic hydroxyl groups excluding tert-OH is 1. The molecule has 0 radical (unpaired) electrons. The van der Waals surface area contributed by atoms with Crippen LogP contribution in [0.1, 0.15) is 59.3 Å². The quantitative estimate of drug-likeness (QED) is 0.647. The first-order chi connectivity index (χ1) is 9.74. The fourth-order valence-electron chi connectivity index (χ4n) is 3.77. The fraction of sp³-hybridized carbons (Fsp3) is 1.00. The Bertz CT molecular complexity index is 235. The van der Waals surface area contributed by atoms with Crippen LogP contribution in [0.2, 0.25) is 0 Å². The summed E-state index contributed by atoms with van der Waals surface area (Å²) in [5.74, 6) is 1.73. The molecule has 0 aliphatic heterocycles. The van der Waals surface area contributed by atoms with Gasteiger partial charge in [0.05, 0.1) is 0 Å². The van der Waals surface area contributed by atoms with Gasteiger partial charge in [0, 0.05) is 25.7 Å². The summed E-state index contributed by atoms with van der Waals surface area (Å²) in [6.07, 6.45) is 7.78. The van der Waals surface area contributed by atoms with E-state index in [1.165, 1.54) is 38.6 Å². The zero-order valence-electron chi connectivity index (χ0n) is 13.9. The topological polar surface area (TPSA) is 35.5 Å². The van der Waals surface area contributed by atoms with Gasteiger partial charge in [-0.05, 0) is 50.6 Å². The third kappa shape index (κ3) is 6.11. The van der Waals surface area contributed by atoms with Crippen molar-refractivity contribution in [1.82, 2.24) is 10.2 Å². The molecule has 2 N–H and O–H groups in total. The average Bonchev–Trinajstić information content (AvgIpc) is 2.46. The third-order valence-corrected chi connectivity index (χ3v) is 4.83. The molecule has 0 amide bonds. The van der Waals surface area contributed by atoms with Crippen molar-refractivity contribution in [2.45, 2.75) is 65.3 Å². The summed E-state index contributed by atoms with van der Waals surface area (Å²) in [5, 5.41) is 12.7. The standard InChI is InChI=1S/C17H36N2O/c1-4-8-15-9-10-17(18-5-2)16(13-15)14-19(6-3)11-7-12-20/h15-18,20H,4-14H2,1-3H3. The maximum Gasteiger partial charge on any atom is 0.0443 e. The lowest BCUT2D eigenvalue weighted by atomic mass is 9.76. The molecule has 0 spiro atoms. The summed E-state index contributed by atoms with van der Waals surface area (Å²) in [5.41, 5.74) is 0. The molecule has 1 fully saturated rings. The molecule has 0 aromatic rings. The minimum absolute atomic E-state index is 0.316. The van der Waals surface area contributed by atoms with E-state index in [0.29, 0.717) is 12.6 Å². The maximum absolute atomic E-state index is 9.03. The minimum Gasteiger partial charge on any atom is -0.396 e. The number of nitrogens with zero attached hydrogens (tertiary/aromatic N) is 1. The molecule has 120 valence electrons. The van der Waals surface area contributed by atoms with Gasteiger partial charge in [-0.25, -0.2) is 0 Å². The summed E-state index contributed by atoms with van der Waals surface area (Å²) in [4.78, 5) is 2.53. The van der Waals surface area contributed by atoms with E-state index in [2.05, 4.69) is 31.0 Å². The second-order valence-electron chi connectivity index (χ2n) is 6.36. The Kier molecular flexibility index (Phi) is 9.49. The fourth-order valence-corrected chi connectivity index (χ4v) is 3.77. The van der Waals surface area contributed by atoms with Gasteiger partial charge in [0.15, 0.2) is 0 Å². The highest BCUT2D eigenvalue weighted by Crippen LogP contribution is 2.32. The number of rotatable bonds is 10. The number of hydrogen-bond donors (Lipinski definition) is 2. The Hall–Kier alpha value is -0.120. The van der Waals surface area contributed by atoms with E-state index in [9.17, 15) is 0 Å². The molecule has 1 saturated carbocycles. The molecular weight excluding hydrogens is 248 g/mol. The summed E-state index contributed by atoms with van der Waals surface area (Å²) in [6, 6.07) is 0.705.